The topological polar surface area (TPSA) is 19.6 Å². The Bertz CT molecular complexity index is 3120. The molecule has 1 aromatic heterocycles. The van der Waals surface area contributed by atoms with Gasteiger partial charge in [0.1, 0.15) is 11.2 Å². The second-order valence-electron chi connectivity index (χ2n) is 23.4. The molecule has 0 spiro atoms. The summed E-state index contributed by atoms with van der Waals surface area (Å²) in [6.45, 7) is 31.1. The molecule has 0 bridgehead atoms. The summed E-state index contributed by atoms with van der Waals surface area (Å²) < 4.78 is 7.11. The first-order chi connectivity index (χ1) is 29.6. The number of aryl methyl sites for hydroxylation is 2. The van der Waals surface area contributed by atoms with Crippen LogP contribution >= 0.6 is 11.6 Å². The van der Waals surface area contributed by atoms with E-state index in [-0.39, 0.29) is 33.8 Å². The highest BCUT2D eigenvalue weighted by Crippen LogP contribution is 2.54. The van der Waals surface area contributed by atoms with E-state index in [4.69, 9.17) is 16.0 Å². The highest BCUT2D eigenvalue weighted by molar-refractivity contribution is 7.01. The number of nitrogens with zero attached hydrogens (tertiary/aromatic N) is 2. The first-order valence-corrected chi connectivity index (χ1v) is 23.8. The predicted octanol–water partition coefficient (Wildman–Crippen LogP) is 14.9. The van der Waals surface area contributed by atoms with Gasteiger partial charge < -0.3 is 14.2 Å². The van der Waals surface area contributed by atoms with Crippen molar-refractivity contribution >= 4 is 90.8 Å². The van der Waals surface area contributed by atoms with Gasteiger partial charge in [-0.1, -0.05) is 124 Å². The number of hydrogen-bond donors (Lipinski definition) is 0. The lowest BCUT2D eigenvalue weighted by Crippen LogP contribution is -2.61. The van der Waals surface area contributed by atoms with Gasteiger partial charge in [-0.2, -0.15) is 0 Å². The monoisotopic (exact) mass is 848 g/mol. The summed E-state index contributed by atoms with van der Waals surface area (Å²) >= 11 is 7.15. The molecule has 3 heterocycles. The third-order valence-corrected chi connectivity index (χ3v) is 16.5. The standard InChI is InChI=1S/C58H62BClN2O/c1-33-26-39-41(57(10,11)24-22-55(39,6)7)31-45(33)61-44-21-19-38-37-16-14-15-17-50(37)63-53(38)52(44)59-43-20-18-36(60)30-47(43)62(49-29-35(54(3,4)5)28-48(61)51(49)59)46-32-42-40(27-34(46)2)56(8,9)23-25-58(42,12)13/h14-21,26-32H,22-25H2,1-13H3. The van der Waals surface area contributed by atoms with Crippen molar-refractivity contribution in [3.05, 3.63) is 135 Å². The van der Waals surface area contributed by atoms with Gasteiger partial charge in [0.05, 0.1) is 0 Å². The van der Waals surface area contributed by atoms with E-state index in [1.54, 1.807) is 0 Å². The number of halogens is 1. The van der Waals surface area contributed by atoms with Crippen LogP contribution in [0.25, 0.3) is 21.9 Å². The Morgan fingerprint density at radius 3 is 1.57 bits per heavy atom. The summed E-state index contributed by atoms with van der Waals surface area (Å²) in [6.07, 6.45) is 4.67. The summed E-state index contributed by atoms with van der Waals surface area (Å²) in [5, 5.41) is 3.04. The van der Waals surface area contributed by atoms with Gasteiger partial charge in [0.15, 0.2) is 0 Å². The molecular weight excluding hydrogens is 787 g/mol. The molecule has 5 heteroatoms. The summed E-state index contributed by atoms with van der Waals surface area (Å²) in [6, 6.07) is 35.1. The van der Waals surface area contributed by atoms with Crippen molar-refractivity contribution in [2.24, 2.45) is 0 Å². The highest BCUT2D eigenvalue weighted by Gasteiger charge is 2.48. The Kier molecular flexibility index (Phi) is 8.48. The van der Waals surface area contributed by atoms with Crippen LogP contribution in [0.15, 0.2) is 95.4 Å². The molecule has 2 aliphatic carbocycles. The lowest BCUT2D eigenvalue weighted by atomic mass is 9.33. The van der Waals surface area contributed by atoms with Crippen LogP contribution in [-0.4, -0.2) is 6.71 Å². The molecule has 0 atom stereocenters. The average molecular weight is 849 g/mol. The van der Waals surface area contributed by atoms with Crippen LogP contribution in [0.4, 0.5) is 34.1 Å². The SMILES string of the molecule is Cc1cc2c(cc1N1c3cc(Cl)ccc3B3c4c1cc(C(C)(C)C)cc4N(c1cc4c(cc1C)C(C)(C)CCC4(C)C)c1ccc4c(oc5ccccc54)c13)C(C)(C)CCC2(C)C. The Labute approximate surface area is 380 Å². The van der Waals surface area contributed by atoms with Gasteiger partial charge in [-0.05, 0) is 177 Å². The van der Waals surface area contributed by atoms with E-state index in [1.165, 1.54) is 96.6 Å². The van der Waals surface area contributed by atoms with Gasteiger partial charge in [0.25, 0.3) is 6.71 Å². The molecule has 320 valence electrons. The molecule has 3 nitrogen and oxygen atoms in total. The largest absolute Gasteiger partial charge is 0.457 e. The van der Waals surface area contributed by atoms with Crippen molar-refractivity contribution in [3.63, 3.8) is 0 Å². The normalized spacial score (nSPS) is 18.8. The van der Waals surface area contributed by atoms with Crippen molar-refractivity contribution in [1.29, 1.82) is 0 Å². The fourth-order valence-corrected chi connectivity index (χ4v) is 12.3. The summed E-state index contributed by atoms with van der Waals surface area (Å²) in [5.74, 6) is 0. The second-order valence-corrected chi connectivity index (χ2v) is 23.8. The van der Waals surface area contributed by atoms with Crippen LogP contribution < -0.4 is 26.2 Å². The van der Waals surface area contributed by atoms with Gasteiger partial charge in [0.2, 0.25) is 0 Å². The summed E-state index contributed by atoms with van der Waals surface area (Å²) in [5.41, 5.74) is 22.8. The van der Waals surface area contributed by atoms with E-state index in [2.05, 4.69) is 191 Å². The molecular formula is C58H62BClN2O. The van der Waals surface area contributed by atoms with Gasteiger partial charge in [-0.3, -0.25) is 0 Å². The van der Waals surface area contributed by atoms with Crippen LogP contribution in [0.1, 0.15) is 141 Å². The molecule has 0 N–H and O–H groups in total. The first kappa shape index (κ1) is 40.8. The van der Waals surface area contributed by atoms with Crippen molar-refractivity contribution in [2.75, 3.05) is 9.80 Å². The summed E-state index contributed by atoms with van der Waals surface area (Å²) in [7, 11) is 0. The van der Waals surface area contributed by atoms with Crippen LogP contribution in [0.3, 0.4) is 0 Å². The van der Waals surface area contributed by atoms with E-state index >= 15 is 0 Å². The maximum atomic E-state index is 7.15. The van der Waals surface area contributed by atoms with Crippen LogP contribution in [0.5, 0.6) is 0 Å². The van der Waals surface area contributed by atoms with Gasteiger partial charge in [0, 0.05) is 49.9 Å². The minimum absolute atomic E-state index is 0.0461. The van der Waals surface area contributed by atoms with E-state index in [1.807, 2.05) is 0 Å². The van der Waals surface area contributed by atoms with Crippen molar-refractivity contribution in [1.82, 2.24) is 0 Å². The van der Waals surface area contributed by atoms with Crippen molar-refractivity contribution in [3.8, 4) is 0 Å². The lowest BCUT2D eigenvalue weighted by Gasteiger charge is -2.47. The molecule has 0 radical (unpaired) electrons. The molecule has 0 unspecified atom stereocenters. The lowest BCUT2D eigenvalue weighted by molar-refractivity contribution is 0.332. The predicted molar refractivity (Wildman–Crippen MR) is 271 cm³/mol. The second kappa shape index (κ2) is 13.1. The van der Waals surface area contributed by atoms with Crippen LogP contribution in [0.2, 0.25) is 5.02 Å². The number of para-hydroxylation sites is 1. The minimum atomic E-state index is -0.135. The first-order valence-electron chi connectivity index (χ1n) is 23.4. The zero-order valence-electron chi connectivity index (χ0n) is 39.7. The maximum Gasteiger partial charge on any atom is 0.257 e. The molecule has 11 rings (SSSR count). The van der Waals surface area contributed by atoms with Crippen molar-refractivity contribution in [2.45, 2.75) is 143 Å². The molecule has 0 saturated carbocycles. The third kappa shape index (κ3) is 5.85. The van der Waals surface area contributed by atoms with Gasteiger partial charge >= 0.3 is 0 Å². The van der Waals surface area contributed by atoms with Crippen molar-refractivity contribution < 1.29 is 4.42 Å². The van der Waals surface area contributed by atoms with E-state index in [9.17, 15) is 0 Å². The quantitative estimate of drug-likeness (QED) is 0.162. The Morgan fingerprint density at radius 2 is 1.03 bits per heavy atom. The van der Waals surface area contributed by atoms with E-state index in [0.29, 0.717) is 0 Å². The molecule has 2 aliphatic heterocycles. The average Bonchev–Trinajstić information content (AvgIpc) is 3.60. The van der Waals surface area contributed by atoms with Crippen LogP contribution in [-0.2, 0) is 27.1 Å². The van der Waals surface area contributed by atoms with Gasteiger partial charge in [-0.25, -0.2) is 0 Å². The summed E-state index contributed by atoms with van der Waals surface area (Å²) in [4.78, 5) is 5.22. The molecule has 4 aliphatic rings. The number of furan rings is 1. The Hall–Kier alpha value is -4.93. The van der Waals surface area contributed by atoms with E-state index in [0.717, 1.165) is 45.5 Å². The Balaban J connectivity index is 1.30. The van der Waals surface area contributed by atoms with E-state index < -0.39 is 0 Å². The zero-order valence-corrected chi connectivity index (χ0v) is 40.5. The zero-order chi connectivity index (χ0) is 44.5. The molecule has 0 saturated heterocycles. The number of fused-ring (bicyclic) bond motifs is 10. The smallest absolute Gasteiger partial charge is 0.257 e. The fourth-order valence-electron chi connectivity index (χ4n) is 12.1. The molecule has 63 heavy (non-hydrogen) atoms. The number of anilines is 6. The number of hydrogen-bond acceptors (Lipinski definition) is 3. The maximum absolute atomic E-state index is 7.15. The third-order valence-electron chi connectivity index (χ3n) is 16.2. The molecule has 0 amide bonds. The molecule has 7 aromatic rings. The van der Waals surface area contributed by atoms with Crippen LogP contribution in [0, 0.1) is 13.8 Å². The number of benzene rings is 6. The number of rotatable bonds is 2. The minimum Gasteiger partial charge on any atom is -0.457 e. The molecule has 0 fully saturated rings. The Morgan fingerprint density at radius 1 is 0.524 bits per heavy atom. The van der Waals surface area contributed by atoms with Gasteiger partial charge in [-0.15, -0.1) is 0 Å². The highest BCUT2D eigenvalue weighted by atomic mass is 35.5. The molecule has 6 aromatic carbocycles. The fraction of sp³-hybridized carbons (Fsp3) is 0.379.